The van der Waals surface area contributed by atoms with Crippen LogP contribution in [0.4, 0.5) is 0 Å². The molecule has 1 aromatic rings. The molecule has 20 heavy (non-hydrogen) atoms. The van der Waals surface area contributed by atoms with E-state index in [0.717, 1.165) is 25.9 Å². The summed E-state index contributed by atoms with van der Waals surface area (Å²) < 4.78 is 2.27. The molecule has 1 atom stereocenters. The lowest BCUT2D eigenvalue weighted by atomic mass is 10.0. The minimum atomic E-state index is 0.416. The summed E-state index contributed by atoms with van der Waals surface area (Å²) in [6.45, 7) is 13.4. The number of hydrogen-bond acceptors (Lipinski definition) is 2. The van der Waals surface area contributed by atoms with E-state index in [2.05, 4.69) is 44.6 Å². The third-order valence-electron chi connectivity index (χ3n) is 3.95. The molecule has 0 bridgehead atoms. The van der Waals surface area contributed by atoms with E-state index in [9.17, 15) is 0 Å². The van der Waals surface area contributed by atoms with Gasteiger partial charge in [0, 0.05) is 23.8 Å². The van der Waals surface area contributed by atoms with Gasteiger partial charge in [-0.05, 0) is 39.2 Å². The van der Waals surface area contributed by atoms with Crippen LogP contribution in [0.2, 0.25) is 0 Å². The number of aryl methyl sites for hydroxylation is 2. The van der Waals surface area contributed by atoms with Gasteiger partial charge in [-0.25, -0.2) is 0 Å². The Morgan fingerprint density at radius 3 is 2.35 bits per heavy atom. The van der Waals surface area contributed by atoms with Gasteiger partial charge in [-0.1, -0.05) is 40.5 Å². The van der Waals surface area contributed by atoms with Crippen molar-refractivity contribution >= 4 is 0 Å². The summed E-state index contributed by atoms with van der Waals surface area (Å²) in [5.74, 6) is 0. The van der Waals surface area contributed by atoms with Gasteiger partial charge < -0.3 is 5.32 Å². The fourth-order valence-corrected chi connectivity index (χ4v) is 2.86. The molecule has 0 aliphatic carbocycles. The van der Waals surface area contributed by atoms with E-state index in [1.165, 1.54) is 42.6 Å². The van der Waals surface area contributed by atoms with E-state index in [1.54, 1.807) is 0 Å². The highest BCUT2D eigenvalue weighted by atomic mass is 15.3. The van der Waals surface area contributed by atoms with Crippen LogP contribution >= 0.6 is 0 Å². The maximum atomic E-state index is 4.88. The number of nitrogens with one attached hydrogen (secondary N) is 1. The van der Waals surface area contributed by atoms with Crippen LogP contribution in [0.15, 0.2) is 0 Å². The lowest BCUT2D eigenvalue weighted by Gasteiger charge is -2.16. The van der Waals surface area contributed by atoms with Gasteiger partial charge >= 0.3 is 0 Å². The molecular formula is C17H33N3. The zero-order chi connectivity index (χ0) is 15.0. The SMILES string of the molecule is CCCCCn1nc(CC)c(C(C)NCCC)c1CC. The van der Waals surface area contributed by atoms with Crippen molar-refractivity contribution in [2.45, 2.75) is 85.7 Å². The highest BCUT2D eigenvalue weighted by Gasteiger charge is 2.19. The number of nitrogens with zero attached hydrogens (tertiary/aromatic N) is 2. The summed E-state index contributed by atoms with van der Waals surface area (Å²) in [7, 11) is 0. The Labute approximate surface area is 125 Å². The average molecular weight is 279 g/mol. The molecule has 0 aromatic carbocycles. The number of rotatable bonds is 10. The van der Waals surface area contributed by atoms with Gasteiger partial charge in [0.2, 0.25) is 0 Å². The van der Waals surface area contributed by atoms with Crippen molar-refractivity contribution in [3.8, 4) is 0 Å². The van der Waals surface area contributed by atoms with Crippen LogP contribution < -0.4 is 5.32 Å². The summed E-state index contributed by atoms with van der Waals surface area (Å²) in [4.78, 5) is 0. The van der Waals surface area contributed by atoms with Crippen molar-refractivity contribution < 1.29 is 0 Å². The molecule has 0 aliphatic rings. The van der Waals surface area contributed by atoms with E-state index < -0.39 is 0 Å². The highest BCUT2D eigenvalue weighted by molar-refractivity contribution is 5.30. The van der Waals surface area contributed by atoms with Crippen molar-refractivity contribution in [2.24, 2.45) is 0 Å². The maximum Gasteiger partial charge on any atom is 0.0672 e. The van der Waals surface area contributed by atoms with Gasteiger partial charge in [0.25, 0.3) is 0 Å². The zero-order valence-electron chi connectivity index (χ0n) is 14.1. The van der Waals surface area contributed by atoms with Gasteiger partial charge in [-0.3, -0.25) is 4.68 Å². The fourth-order valence-electron chi connectivity index (χ4n) is 2.86. The minimum absolute atomic E-state index is 0.416. The predicted molar refractivity (Wildman–Crippen MR) is 87.2 cm³/mol. The quantitative estimate of drug-likeness (QED) is 0.649. The second-order valence-electron chi connectivity index (χ2n) is 5.62. The van der Waals surface area contributed by atoms with E-state index in [0.29, 0.717) is 6.04 Å². The van der Waals surface area contributed by atoms with Gasteiger partial charge in [0.05, 0.1) is 5.69 Å². The molecule has 1 N–H and O–H groups in total. The van der Waals surface area contributed by atoms with E-state index >= 15 is 0 Å². The Morgan fingerprint density at radius 2 is 1.80 bits per heavy atom. The molecule has 1 unspecified atom stereocenters. The van der Waals surface area contributed by atoms with Crippen LogP contribution in [0.5, 0.6) is 0 Å². The third kappa shape index (κ3) is 4.34. The van der Waals surface area contributed by atoms with E-state index in [4.69, 9.17) is 5.10 Å². The normalized spacial score (nSPS) is 12.8. The molecule has 0 radical (unpaired) electrons. The van der Waals surface area contributed by atoms with Crippen LogP contribution in [-0.4, -0.2) is 16.3 Å². The minimum Gasteiger partial charge on any atom is -0.310 e. The summed E-state index contributed by atoms with van der Waals surface area (Å²) >= 11 is 0. The molecule has 3 heteroatoms. The smallest absolute Gasteiger partial charge is 0.0672 e. The van der Waals surface area contributed by atoms with Crippen molar-refractivity contribution in [2.75, 3.05) is 6.54 Å². The van der Waals surface area contributed by atoms with E-state index in [1.807, 2.05) is 0 Å². The van der Waals surface area contributed by atoms with Crippen LogP contribution in [0, 0.1) is 0 Å². The molecule has 0 spiro atoms. The van der Waals surface area contributed by atoms with Gasteiger partial charge in [0.1, 0.15) is 0 Å². The first kappa shape index (κ1) is 17.2. The summed E-state index contributed by atoms with van der Waals surface area (Å²) in [6.07, 6.45) is 7.09. The summed E-state index contributed by atoms with van der Waals surface area (Å²) in [6, 6.07) is 0.416. The van der Waals surface area contributed by atoms with Gasteiger partial charge in [-0.2, -0.15) is 5.10 Å². The summed E-state index contributed by atoms with van der Waals surface area (Å²) in [5, 5.41) is 8.50. The van der Waals surface area contributed by atoms with Crippen LogP contribution in [-0.2, 0) is 19.4 Å². The molecule has 0 saturated carbocycles. The summed E-state index contributed by atoms with van der Waals surface area (Å²) in [5.41, 5.74) is 4.18. The first-order valence-electron chi connectivity index (χ1n) is 8.51. The topological polar surface area (TPSA) is 29.9 Å². The number of unbranched alkanes of at least 4 members (excludes halogenated alkanes) is 2. The molecule has 0 amide bonds. The Balaban J connectivity index is 2.94. The van der Waals surface area contributed by atoms with Crippen molar-refractivity contribution in [3.63, 3.8) is 0 Å². The Hall–Kier alpha value is -0.830. The second kappa shape index (κ2) is 9.17. The molecule has 1 rings (SSSR count). The molecule has 116 valence electrons. The first-order chi connectivity index (χ1) is 9.69. The number of hydrogen-bond donors (Lipinski definition) is 1. The zero-order valence-corrected chi connectivity index (χ0v) is 14.1. The number of aromatic nitrogens is 2. The second-order valence-corrected chi connectivity index (χ2v) is 5.62. The van der Waals surface area contributed by atoms with Gasteiger partial charge in [0.15, 0.2) is 0 Å². The largest absolute Gasteiger partial charge is 0.310 e. The highest BCUT2D eigenvalue weighted by Crippen LogP contribution is 2.24. The molecule has 0 fully saturated rings. The predicted octanol–water partition coefficient (Wildman–Crippen LogP) is 4.26. The fraction of sp³-hybridized carbons (Fsp3) is 0.824. The lowest BCUT2D eigenvalue weighted by molar-refractivity contribution is 0.526. The maximum absolute atomic E-state index is 4.88. The van der Waals surface area contributed by atoms with Crippen molar-refractivity contribution in [1.82, 2.24) is 15.1 Å². The van der Waals surface area contributed by atoms with Crippen LogP contribution in [0.25, 0.3) is 0 Å². The van der Waals surface area contributed by atoms with Gasteiger partial charge in [-0.15, -0.1) is 0 Å². The standard InChI is InChI=1S/C17H33N3/c1-6-10-11-13-20-16(9-4)17(15(8-3)19-20)14(5)18-12-7-2/h14,18H,6-13H2,1-5H3. The Kier molecular flexibility index (Phi) is 7.90. The first-order valence-corrected chi connectivity index (χ1v) is 8.51. The third-order valence-corrected chi connectivity index (χ3v) is 3.95. The Bertz CT molecular complexity index is 382. The van der Waals surface area contributed by atoms with E-state index in [-0.39, 0.29) is 0 Å². The molecule has 0 aliphatic heterocycles. The molecule has 1 aromatic heterocycles. The lowest BCUT2D eigenvalue weighted by Crippen LogP contribution is -2.21. The van der Waals surface area contributed by atoms with Crippen LogP contribution in [0.3, 0.4) is 0 Å². The Morgan fingerprint density at radius 1 is 1.05 bits per heavy atom. The molecule has 3 nitrogen and oxygen atoms in total. The molecule has 1 heterocycles. The monoisotopic (exact) mass is 279 g/mol. The molecular weight excluding hydrogens is 246 g/mol. The van der Waals surface area contributed by atoms with Crippen molar-refractivity contribution in [1.29, 1.82) is 0 Å². The average Bonchev–Trinajstić information content (AvgIpc) is 2.82. The molecule has 0 saturated heterocycles. The van der Waals surface area contributed by atoms with Crippen molar-refractivity contribution in [3.05, 3.63) is 17.0 Å². The van der Waals surface area contributed by atoms with Crippen LogP contribution in [0.1, 0.15) is 83.3 Å².